The van der Waals surface area contributed by atoms with Gasteiger partial charge in [-0.1, -0.05) is 6.08 Å². The molecule has 31 heavy (non-hydrogen) atoms. The molecule has 1 amide bonds. The number of benzene rings is 2. The van der Waals surface area contributed by atoms with E-state index in [1.807, 2.05) is 32.0 Å². The maximum Gasteiger partial charge on any atom is 0.251 e. The lowest BCUT2D eigenvalue weighted by atomic mass is 9.89. The summed E-state index contributed by atoms with van der Waals surface area (Å²) in [6, 6.07) is 11.8. The summed E-state index contributed by atoms with van der Waals surface area (Å²) in [5, 5.41) is 3.08. The van der Waals surface area contributed by atoms with Crippen LogP contribution in [0, 0.1) is 0 Å². The van der Waals surface area contributed by atoms with Crippen LogP contribution in [0.4, 0.5) is 5.69 Å². The maximum atomic E-state index is 12.9. The van der Waals surface area contributed by atoms with Crippen LogP contribution >= 0.6 is 0 Å². The van der Waals surface area contributed by atoms with Crippen LogP contribution in [0.3, 0.4) is 0 Å². The van der Waals surface area contributed by atoms with Crippen molar-refractivity contribution in [1.82, 2.24) is 5.32 Å². The van der Waals surface area contributed by atoms with E-state index in [2.05, 4.69) is 11.9 Å². The summed E-state index contributed by atoms with van der Waals surface area (Å²) in [6.07, 6.45) is 3.26. The predicted octanol–water partition coefficient (Wildman–Crippen LogP) is 3.68. The van der Waals surface area contributed by atoms with E-state index in [-0.39, 0.29) is 18.5 Å². The summed E-state index contributed by atoms with van der Waals surface area (Å²) < 4.78 is 36.6. The Labute approximate surface area is 183 Å². The molecule has 1 N–H and O–H groups in total. The number of methoxy groups -OCH3 is 1. The molecule has 0 aromatic heterocycles. The molecule has 0 spiro atoms. The smallest absolute Gasteiger partial charge is 0.251 e. The molecule has 2 aromatic rings. The van der Waals surface area contributed by atoms with Crippen molar-refractivity contribution in [3.05, 3.63) is 66.2 Å². The lowest BCUT2D eigenvalue weighted by Gasteiger charge is -2.38. The van der Waals surface area contributed by atoms with Crippen LogP contribution in [0.5, 0.6) is 11.5 Å². The lowest BCUT2D eigenvalue weighted by Crippen LogP contribution is -2.41. The number of anilines is 1. The molecule has 0 bridgehead atoms. The minimum absolute atomic E-state index is 0.155. The zero-order chi connectivity index (χ0) is 22.8. The minimum Gasteiger partial charge on any atom is -0.497 e. The van der Waals surface area contributed by atoms with Gasteiger partial charge in [0.25, 0.3) is 5.91 Å². The fraction of sp³-hybridized carbons (Fsp3) is 0.348. The Kier molecular flexibility index (Phi) is 6.31. The summed E-state index contributed by atoms with van der Waals surface area (Å²) in [5.74, 6) is 1.13. The molecule has 1 aliphatic heterocycles. The normalized spacial score (nSPS) is 17.1. The number of nitrogens with zero attached hydrogens (tertiary/aromatic N) is 1. The van der Waals surface area contributed by atoms with Crippen LogP contribution < -0.4 is 19.1 Å². The molecule has 166 valence electrons. The number of carbonyl (C=O) groups is 1. The van der Waals surface area contributed by atoms with Crippen molar-refractivity contribution in [2.45, 2.75) is 31.9 Å². The fourth-order valence-corrected chi connectivity index (χ4v) is 4.54. The van der Waals surface area contributed by atoms with Crippen molar-refractivity contribution < 1.29 is 22.7 Å². The number of fused-ring (bicyclic) bond motifs is 1. The third-order valence-corrected chi connectivity index (χ3v) is 6.26. The Hall–Kier alpha value is -3.00. The number of rotatable bonds is 7. The minimum atomic E-state index is -3.45. The summed E-state index contributed by atoms with van der Waals surface area (Å²) in [4.78, 5) is 12.9. The number of hydrogen-bond acceptors (Lipinski definition) is 5. The van der Waals surface area contributed by atoms with E-state index in [0.29, 0.717) is 29.2 Å². The van der Waals surface area contributed by atoms with Gasteiger partial charge < -0.3 is 14.8 Å². The van der Waals surface area contributed by atoms with Crippen molar-refractivity contribution in [1.29, 1.82) is 0 Å². The lowest BCUT2D eigenvalue weighted by molar-refractivity contribution is 0.0617. The van der Waals surface area contributed by atoms with Gasteiger partial charge in [0, 0.05) is 23.6 Å². The molecule has 0 saturated carbocycles. The molecule has 8 heteroatoms. The summed E-state index contributed by atoms with van der Waals surface area (Å²) in [5.41, 5.74) is 1.35. The fourth-order valence-electron chi connectivity index (χ4n) is 3.66. The zero-order valence-corrected chi connectivity index (χ0v) is 19.0. The third-order valence-electron chi connectivity index (χ3n) is 5.10. The second-order valence-corrected chi connectivity index (χ2v) is 10.0. The van der Waals surface area contributed by atoms with Crippen LogP contribution in [-0.4, -0.2) is 39.8 Å². The zero-order valence-electron chi connectivity index (χ0n) is 18.2. The van der Waals surface area contributed by atoms with E-state index in [4.69, 9.17) is 9.47 Å². The Bertz CT molecular complexity index is 1080. The molecule has 0 radical (unpaired) electrons. The molecule has 0 aliphatic carbocycles. The Morgan fingerprint density at radius 3 is 2.55 bits per heavy atom. The van der Waals surface area contributed by atoms with Crippen LogP contribution in [0.1, 0.15) is 42.2 Å². The van der Waals surface area contributed by atoms with Crippen molar-refractivity contribution >= 4 is 21.6 Å². The quantitative estimate of drug-likeness (QED) is 0.659. The first-order chi connectivity index (χ1) is 14.5. The highest BCUT2D eigenvalue weighted by molar-refractivity contribution is 7.92. The molecule has 7 nitrogen and oxygen atoms in total. The number of nitrogens with one attached hydrogen (secondary N) is 1. The monoisotopic (exact) mass is 444 g/mol. The van der Waals surface area contributed by atoms with Crippen LogP contribution in [0.2, 0.25) is 0 Å². The first-order valence-corrected chi connectivity index (χ1v) is 11.8. The largest absolute Gasteiger partial charge is 0.497 e. The SMILES string of the molecule is C=CCN(c1ccc(C(=O)N[C@@H]2CC(C)(C)Oc3cc(OC)ccc32)cc1)S(C)(=O)=O. The highest BCUT2D eigenvalue weighted by Gasteiger charge is 2.35. The first-order valence-electron chi connectivity index (χ1n) is 9.90. The summed E-state index contributed by atoms with van der Waals surface area (Å²) in [6.45, 7) is 7.71. The van der Waals surface area contributed by atoms with E-state index in [0.717, 1.165) is 11.8 Å². The average molecular weight is 445 g/mol. The third kappa shape index (κ3) is 5.19. The number of carbonyl (C=O) groups excluding carboxylic acids is 1. The van der Waals surface area contributed by atoms with Crippen molar-refractivity contribution in [3.63, 3.8) is 0 Å². The average Bonchev–Trinajstić information content (AvgIpc) is 2.70. The first kappa shape index (κ1) is 22.7. The van der Waals surface area contributed by atoms with E-state index in [1.54, 1.807) is 31.4 Å². The second kappa shape index (κ2) is 8.63. The number of sulfonamides is 1. The van der Waals surface area contributed by atoms with Crippen molar-refractivity contribution in [2.24, 2.45) is 0 Å². The van der Waals surface area contributed by atoms with Gasteiger partial charge in [-0.3, -0.25) is 9.10 Å². The molecular weight excluding hydrogens is 416 g/mol. The predicted molar refractivity (Wildman–Crippen MR) is 121 cm³/mol. The van der Waals surface area contributed by atoms with Gasteiger partial charge in [-0.05, 0) is 50.2 Å². The number of amides is 1. The van der Waals surface area contributed by atoms with Gasteiger partial charge in [0.05, 0.1) is 31.6 Å². The molecule has 2 aromatic carbocycles. The standard InChI is InChI=1S/C23H28N2O5S/c1-6-13-25(31(5,27)28)17-9-7-16(8-10-17)22(26)24-20-15-23(2,3)30-21-14-18(29-4)11-12-19(20)21/h6-12,14,20H,1,13,15H2,2-5H3,(H,24,26)/t20-/m1/s1. The topological polar surface area (TPSA) is 84.9 Å². The summed E-state index contributed by atoms with van der Waals surface area (Å²) in [7, 11) is -1.85. The van der Waals surface area contributed by atoms with Gasteiger partial charge in [0.15, 0.2) is 0 Å². The molecule has 1 heterocycles. The Morgan fingerprint density at radius 2 is 1.97 bits per heavy atom. The molecule has 1 atom stereocenters. The van der Waals surface area contributed by atoms with E-state index >= 15 is 0 Å². The molecule has 3 rings (SSSR count). The van der Waals surface area contributed by atoms with Crippen molar-refractivity contribution in [2.75, 3.05) is 24.2 Å². The van der Waals surface area contributed by atoms with Gasteiger partial charge >= 0.3 is 0 Å². The molecule has 1 aliphatic rings. The van der Waals surface area contributed by atoms with Crippen molar-refractivity contribution in [3.8, 4) is 11.5 Å². The second-order valence-electron chi connectivity index (χ2n) is 8.13. The maximum absolute atomic E-state index is 12.9. The van der Waals surface area contributed by atoms with Gasteiger partial charge in [0.2, 0.25) is 10.0 Å². The number of ether oxygens (including phenoxy) is 2. The molecular formula is C23H28N2O5S. The van der Waals surface area contributed by atoms with Crippen LogP contribution in [0.25, 0.3) is 0 Å². The van der Waals surface area contributed by atoms with E-state index in [1.165, 1.54) is 10.4 Å². The van der Waals surface area contributed by atoms with Gasteiger partial charge in [0.1, 0.15) is 17.1 Å². The van der Waals surface area contributed by atoms with Crippen LogP contribution in [0.15, 0.2) is 55.1 Å². The Morgan fingerprint density at radius 1 is 1.29 bits per heavy atom. The van der Waals surface area contributed by atoms with Gasteiger partial charge in [-0.15, -0.1) is 6.58 Å². The summed E-state index contributed by atoms with van der Waals surface area (Å²) >= 11 is 0. The highest BCUT2D eigenvalue weighted by atomic mass is 32.2. The van der Waals surface area contributed by atoms with Crippen LogP contribution in [-0.2, 0) is 10.0 Å². The molecule has 0 unspecified atom stereocenters. The van der Waals surface area contributed by atoms with Gasteiger partial charge in [-0.2, -0.15) is 0 Å². The van der Waals surface area contributed by atoms with E-state index in [9.17, 15) is 13.2 Å². The molecule has 0 fully saturated rings. The Balaban J connectivity index is 1.82. The molecule has 0 saturated heterocycles. The van der Waals surface area contributed by atoms with Gasteiger partial charge in [-0.25, -0.2) is 8.42 Å². The van der Waals surface area contributed by atoms with E-state index < -0.39 is 15.6 Å². The number of hydrogen-bond donors (Lipinski definition) is 1. The highest BCUT2D eigenvalue weighted by Crippen LogP contribution is 2.41.